The smallest absolute Gasteiger partial charge is 0.321 e. The average Bonchev–Trinajstić information content (AvgIpc) is 2.54. The monoisotopic (exact) mass is 333 g/mol. The van der Waals surface area contributed by atoms with Crippen molar-refractivity contribution in [2.45, 2.75) is 53.0 Å². The summed E-state index contributed by atoms with van der Waals surface area (Å²) in [4.78, 5) is 23.4. The third-order valence-corrected chi connectivity index (χ3v) is 3.82. The number of carbonyl (C=O) groups is 2. The van der Waals surface area contributed by atoms with Crippen LogP contribution in [0.2, 0.25) is 0 Å². The molecule has 0 bridgehead atoms. The fourth-order valence-electron chi connectivity index (χ4n) is 2.57. The van der Waals surface area contributed by atoms with E-state index in [2.05, 4.69) is 61.0 Å². The number of hydrogen-bond acceptors (Lipinski definition) is 3. The number of hydrogen-bond donors (Lipinski definition) is 3. The van der Waals surface area contributed by atoms with Crippen molar-refractivity contribution >= 4 is 11.9 Å². The number of benzene rings is 1. The third kappa shape index (κ3) is 7.13. The van der Waals surface area contributed by atoms with Crippen LogP contribution in [-0.4, -0.2) is 25.0 Å². The molecule has 1 atom stereocenters. The van der Waals surface area contributed by atoms with Gasteiger partial charge in [-0.3, -0.25) is 10.1 Å². The van der Waals surface area contributed by atoms with Crippen molar-refractivity contribution in [3.63, 3.8) is 0 Å². The van der Waals surface area contributed by atoms with Crippen LogP contribution in [0.5, 0.6) is 0 Å². The Kier molecular flexibility index (Phi) is 9.08. The Labute approximate surface area is 145 Å². The minimum Gasteiger partial charge on any atom is -0.338 e. The molecule has 0 radical (unpaired) electrons. The van der Waals surface area contributed by atoms with E-state index in [9.17, 15) is 9.59 Å². The zero-order valence-corrected chi connectivity index (χ0v) is 15.3. The third-order valence-electron chi connectivity index (χ3n) is 3.82. The summed E-state index contributed by atoms with van der Waals surface area (Å²) in [6, 6.07) is 8.17. The number of carbonyl (C=O) groups excluding carboxylic acids is 2. The summed E-state index contributed by atoms with van der Waals surface area (Å²) in [6.45, 7) is 9.03. The van der Waals surface area contributed by atoms with Gasteiger partial charge in [-0.05, 0) is 29.9 Å². The fourth-order valence-corrected chi connectivity index (χ4v) is 2.57. The second kappa shape index (κ2) is 10.8. The van der Waals surface area contributed by atoms with Gasteiger partial charge in [0.2, 0.25) is 5.91 Å². The summed E-state index contributed by atoms with van der Waals surface area (Å²) in [5, 5.41) is 8.22. The molecule has 0 saturated carbocycles. The first kappa shape index (κ1) is 20.2. The first-order valence-corrected chi connectivity index (χ1v) is 8.87. The molecule has 0 aliphatic rings. The fraction of sp³-hybridized carbons (Fsp3) is 0.579. The van der Waals surface area contributed by atoms with Crippen molar-refractivity contribution in [1.82, 2.24) is 16.0 Å². The van der Waals surface area contributed by atoms with E-state index in [0.29, 0.717) is 12.5 Å². The molecular weight excluding hydrogens is 302 g/mol. The molecule has 24 heavy (non-hydrogen) atoms. The number of imide groups is 1. The molecule has 1 aromatic rings. The molecule has 0 aliphatic carbocycles. The van der Waals surface area contributed by atoms with Crippen LogP contribution in [0.1, 0.15) is 57.7 Å². The lowest BCUT2D eigenvalue weighted by molar-refractivity contribution is -0.119. The second-order valence-corrected chi connectivity index (χ2v) is 6.40. The highest BCUT2D eigenvalue weighted by Crippen LogP contribution is 2.22. The van der Waals surface area contributed by atoms with Gasteiger partial charge in [0.25, 0.3) is 0 Å². The topological polar surface area (TPSA) is 70.2 Å². The van der Waals surface area contributed by atoms with Crippen molar-refractivity contribution in [2.24, 2.45) is 5.92 Å². The summed E-state index contributed by atoms with van der Waals surface area (Å²) < 4.78 is 0. The van der Waals surface area contributed by atoms with E-state index in [0.717, 1.165) is 24.8 Å². The predicted octanol–water partition coefficient (Wildman–Crippen LogP) is 3.16. The molecule has 1 rings (SSSR count). The Morgan fingerprint density at radius 3 is 2.25 bits per heavy atom. The number of urea groups is 1. The summed E-state index contributed by atoms with van der Waals surface area (Å²) in [5.41, 5.74) is 2.49. The number of nitrogens with one attached hydrogen (secondary N) is 3. The molecule has 0 aromatic heterocycles. The highest BCUT2D eigenvalue weighted by atomic mass is 16.2. The Hall–Kier alpha value is -1.88. The number of rotatable bonds is 9. The minimum absolute atomic E-state index is 0.0742. The first-order valence-electron chi connectivity index (χ1n) is 8.87. The summed E-state index contributed by atoms with van der Waals surface area (Å²) in [5.74, 6) is 0.0144. The molecule has 0 fully saturated rings. The van der Waals surface area contributed by atoms with Gasteiger partial charge in [-0.2, -0.15) is 0 Å². The maximum atomic E-state index is 11.9. The van der Waals surface area contributed by atoms with Gasteiger partial charge < -0.3 is 10.6 Å². The lowest BCUT2D eigenvalue weighted by Crippen LogP contribution is -2.44. The van der Waals surface area contributed by atoms with Gasteiger partial charge in [0.05, 0.1) is 6.54 Å². The average molecular weight is 333 g/mol. The van der Waals surface area contributed by atoms with Crippen LogP contribution in [-0.2, 0) is 11.2 Å². The molecule has 5 nitrogen and oxygen atoms in total. The Bertz CT molecular complexity index is 512. The van der Waals surface area contributed by atoms with Crippen molar-refractivity contribution in [3.05, 3.63) is 35.4 Å². The van der Waals surface area contributed by atoms with Crippen molar-refractivity contribution in [3.8, 4) is 0 Å². The second-order valence-electron chi connectivity index (χ2n) is 6.40. The minimum atomic E-state index is -0.436. The van der Waals surface area contributed by atoms with Crippen LogP contribution >= 0.6 is 0 Å². The molecular formula is C19H31N3O2. The molecule has 0 saturated heterocycles. The summed E-state index contributed by atoms with van der Waals surface area (Å²) in [6.07, 6.45) is 3.05. The van der Waals surface area contributed by atoms with Crippen LogP contribution in [0.4, 0.5) is 4.79 Å². The molecule has 0 aliphatic heterocycles. The molecule has 3 N–H and O–H groups in total. The molecule has 5 heteroatoms. The number of aryl methyl sites for hydroxylation is 1. The van der Waals surface area contributed by atoms with E-state index in [1.165, 1.54) is 5.56 Å². The quantitative estimate of drug-likeness (QED) is 0.650. The van der Waals surface area contributed by atoms with Gasteiger partial charge in [0.1, 0.15) is 0 Å². The van der Waals surface area contributed by atoms with Crippen molar-refractivity contribution in [2.75, 3.05) is 13.1 Å². The maximum absolute atomic E-state index is 11.9. The van der Waals surface area contributed by atoms with E-state index in [1.54, 1.807) is 0 Å². The lowest BCUT2D eigenvalue weighted by Gasteiger charge is -2.23. The van der Waals surface area contributed by atoms with Crippen LogP contribution in [0.25, 0.3) is 0 Å². The van der Waals surface area contributed by atoms with Gasteiger partial charge in [-0.1, -0.05) is 58.4 Å². The largest absolute Gasteiger partial charge is 0.338 e. The summed E-state index contributed by atoms with van der Waals surface area (Å²) in [7, 11) is 0. The van der Waals surface area contributed by atoms with Crippen molar-refractivity contribution < 1.29 is 9.59 Å². The number of amides is 3. The molecule has 3 amide bonds. The van der Waals surface area contributed by atoms with Gasteiger partial charge >= 0.3 is 6.03 Å². The normalized spacial score (nSPS) is 12.0. The molecule has 0 unspecified atom stereocenters. The molecule has 134 valence electrons. The van der Waals surface area contributed by atoms with Crippen LogP contribution in [0, 0.1) is 5.92 Å². The SMILES string of the molecule is CCCNC(=O)NC(=O)CN[C@H](c1ccc(CCC)cc1)C(C)C. The van der Waals surface area contributed by atoms with Crippen LogP contribution in [0.3, 0.4) is 0 Å². The van der Waals surface area contributed by atoms with Gasteiger partial charge in [0, 0.05) is 12.6 Å². The van der Waals surface area contributed by atoms with E-state index in [1.807, 2.05) is 6.92 Å². The van der Waals surface area contributed by atoms with Crippen molar-refractivity contribution in [1.29, 1.82) is 0 Å². The highest BCUT2D eigenvalue weighted by Gasteiger charge is 2.17. The highest BCUT2D eigenvalue weighted by molar-refractivity contribution is 5.95. The molecule has 0 spiro atoms. The Balaban J connectivity index is 2.57. The van der Waals surface area contributed by atoms with Gasteiger partial charge in [0.15, 0.2) is 0 Å². The predicted molar refractivity (Wildman–Crippen MR) is 97.9 cm³/mol. The molecule has 0 heterocycles. The van der Waals surface area contributed by atoms with E-state index in [4.69, 9.17) is 0 Å². The lowest BCUT2D eigenvalue weighted by atomic mass is 9.94. The Morgan fingerprint density at radius 1 is 1.04 bits per heavy atom. The van der Waals surface area contributed by atoms with Crippen LogP contribution in [0.15, 0.2) is 24.3 Å². The Morgan fingerprint density at radius 2 is 1.71 bits per heavy atom. The zero-order valence-electron chi connectivity index (χ0n) is 15.3. The summed E-state index contributed by atoms with van der Waals surface area (Å²) >= 11 is 0. The van der Waals surface area contributed by atoms with E-state index >= 15 is 0 Å². The maximum Gasteiger partial charge on any atom is 0.321 e. The molecule has 1 aromatic carbocycles. The van der Waals surface area contributed by atoms with Crippen LogP contribution < -0.4 is 16.0 Å². The standard InChI is InChI=1S/C19H31N3O2/c1-5-7-15-8-10-16(11-9-15)18(14(3)4)21-13-17(23)22-19(24)20-12-6-2/h8-11,14,18,21H,5-7,12-13H2,1-4H3,(H2,20,22,23,24)/t18-/m0/s1. The van der Waals surface area contributed by atoms with E-state index < -0.39 is 6.03 Å². The first-order chi connectivity index (χ1) is 11.5. The van der Waals surface area contributed by atoms with Gasteiger partial charge in [-0.15, -0.1) is 0 Å². The zero-order chi connectivity index (χ0) is 17.9. The van der Waals surface area contributed by atoms with E-state index in [-0.39, 0.29) is 18.5 Å². The van der Waals surface area contributed by atoms with Gasteiger partial charge in [-0.25, -0.2) is 4.79 Å².